The van der Waals surface area contributed by atoms with Gasteiger partial charge in [0.25, 0.3) is 5.91 Å². The number of hydrogen-bond acceptors (Lipinski definition) is 2. The van der Waals surface area contributed by atoms with E-state index in [1.165, 1.54) is 6.20 Å². The molecule has 1 fully saturated rings. The van der Waals surface area contributed by atoms with Crippen molar-refractivity contribution >= 4 is 17.5 Å². The van der Waals surface area contributed by atoms with Crippen molar-refractivity contribution in [1.29, 1.82) is 0 Å². The van der Waals surface area contributed by atoms with Gasteiger partial charge in [-0.15, -0.1) is 0 Å². The Morgan fingerprint density at radius 2 is 2.18 bits per heavy atom. The van der Waals surface area contributed by atoms with Gasteiger partial charge in [0.05, 0.1) is 0 Å². The molecule has 0 spiro atoms. The summed E-state index contributed by atoms with van der Waals surface area (Å²) < 4.78 is 0. The van der Waals surface area contributed by atoms with Crippen LogP contribution in [0.15, 0.2) is 41.5 Å². The van der Waals surface area contributed by atoms with Crippen molar-refractivity contribution in [2.45, 2.75) is 19.3 Å². The van der Waals surface area contributed by atoms with Gasteiger partial charge >= 0.3 is 0 Å². The van der Waals surface area contributed by atoms with Crippen LogP contribution in [-0.2, 0) is 0 Å². The molecule has 1 atom stereocenters. The number of aromatic amines is 1. The zero-order valence-corrected chi connectivity index (χ0v) is 13.1. The van der Waals surface area contributed by atoms with Crippen molar-refractivity contribution in [2.24, 2.45) is 0 Å². The van der Waals surface area contributed by atoms with Gasteiger partial charge in [-0.25, -0.2) is 0 Å². The predicted octanol–water partition coefficient (Wildman–Crippen LogP) is 2.97. The van der Waals surface area contributed by atoms with Crippen LogP contribution in [0.4, 0.5) is 0 Å². The maximum absolute atomic E-state index is 12.5. The Morgan fingerprint density at radius 3 is 2.95 bits per heavy atom. The van der Waals surface area contributed by atoms with Crippen molar-refractivity contribution in [2.75, 3.05) is 13.1 Å². The lowest BCUT2D eigenvalue weighted by Crippen LogP contribution is -2.32. The standard InChI is InChI=1S/C17H17ClN2O2/c1-11-8-19-9-15(16(11)21)17(22)20-6-5-13(10-20)12-3-2-4-14(18)7-12/h2-4,7-9,13H,5-6,10H2,1H3,(H,19,21). The molecule has 4 nitrogen and oxygen atoms in total. The Bertz CT molecular complexity index is 769. The lowest BCUT2D eigenvalue weighted by molar-refractivity contribution is 0.0789. The van der Waals surface area contributed by atoms with E-state index >= 15 is 0 Å². The van der Waals surface area contributed by atoms with E-state index in [9.17, 15) is 9.59 Å². The number of aromatic nitrogens is 1. The van der Waals surface area contributed by atoms with Crippen LogP contribution in [0, 0.1) is 6.92 Å². The number of carbonyl (C=O) groups excluding carboxylic acids is 1. The Hall–Kier alpha value is -2.07. The van der Waals surface area contributed by atoms with E-state index < -0.39 is 0 Å². The molecule has 1 amide bonds. The number of carbonyl (C=O) groups is 1. The van der Waals surface area contributed by atoms with E-state index in [2.05, 4.69) is 4.98 Å². The van der Waals surface area contributed by atoms with Crippen LogP contribution >= 0.6 is 11.6 Å². The molecule has 1 N–H and O–H groups in total. The first-order valence-electron chi connectivity index (χ1n) is 7.28. The van der Waals surface area contributed by atoms with Crippen LogP contribution in [0.25, 0.3) is 0 Å². The van der Waals surface area contributed by atoms with Crippen molar-refractivity contribution in [1.82, 2.24) is 9.88 Å². The minimum atomic E-state index is -0.200. The summed E-state index contributed by atoms with van der Waals surface area (Å²) in [5, 5.41) is 0.706. The molecule has 0 bridgehead atoms. The van der Waals surface area contributed by atoms with Gasteiger partial charge in [-0.3, -0.25) is 9.59 Å². The first-order chi connectivity index (χ1) is 10.6. The smallest absolute Gasteiger partial charge is 0.259 e. The number of hydrogen-bond donors (Lipinski definition) is 1. The Balaban J connectivity index is 1.79. The van der Waals surface area contributed by atoms with E-state index in [1.54, 1.807) is 18.0 Å². The van der Waals surface area contributed by atoms with Gasteiger partial charge in [-0.05, 0) is 31.0 Å². The Morgan fingerprint density at radius 1 is 1.36 bits per heavy atom. The second kappa shape index (κ2) is 5.97. The van der Waals surface area contributed by atoms with Gasteiger partial charge in [0.15, 0.2) is 5.43 Å². The fourth-order valence-electron chi connectivity index (χ4n) is 2.90. The molecule has 114 valence electrons. The van der Waals surface area contributed by atoms with Gasteiger partial charge in [-0.1, -0.05) is 23.7 Å². The number of nitrogens with zero attached hydrogens (tertiary/aromatic N) is 1. The van der Waals surface area contributed by atoms with Crippen LogP contribution < -0.4 is 5.43 Å². The van der Waals surface area contributed by atoms with E-state index in [0.717, 1.165) is 12.0 Å². The van der Waals surface area contributed by atoms with E-state index in [0.29, 0.717) is 23.7 Å². The Labute approximate surface area is 133 Å². The molecule has 1 aromatic carbocycles. The number of likely N-dealkylation sites (tertiary alicyclic amines) is 1. The maximum atomic E-state index is 12.5. The number of amides is 1. The van der Waals surface area contributed by atoms with Crippen LogP contribution in [0.3, 0.4) is 0 Å². The summed E-state index contributed by atoms with van der Waals surface area (Å²) in [6.07, 6.45) is 3.98. The third-order valence-corrected chi connectivity index (χ3v) is 4.39. The fraction of sp³-hybridized carbons (Fsp3) is 0.294. The number of pyridine rings is 1. The fourth-order valence-corrected chi connectivity index (χ4v) is 3.10. The SMILES string of the molecule is Cc1c[nH]cc(C(=O)N2CCC(c3cccc(Cl)c3)C2)c1=O. The van der Waals surface area contributed by atoms with Crippen LogP contribution in [-0.4, -0.2) is 28.9 Å². The topological polar surface area (TPSA) is 53.2 Å². The molecule has 2 heterocycles. The third-order valence-electron chi connectivity index (χ3n) is 4.16. The Kier molecular flexibility index (Phi) is 4.03. The molecule has 0 saturated carbocycles. The molecule has 5 heteroatoms. The van der Waals surface area contributed by atoms with Crippen LogP contribution in [0.2, 0.25) is 5.02 Å². The number of nitrogens with one attached hydrogen (secondary N) is 1. The second-order valence-electron chi connectivity index (χ2n) is 5.67. The predicted molar refractivity (Wildman–Crippen MR) is 86.5 cm³/mol. The monoisotopic (exact) mass is 316 g/mol. The summed E-state index contributed by atoms with van der Waals surface area (Å²) in [5.74, 6) is 0.0704. The molecule has 2 aromatic rings. The molecule has 1 aliphatic rings. The van der Waals surface area contributed by atoms with Crippen LogP contribution in [0.5, 0.6) is 0 Å². The van der Waals surface area contributed by atoms with Crippen LogP contribution in [0.1, 0.15) is 33.8 Å². The molecule has 0 aliphatic carbocycles. The molecule has 1 aliphatic heterocycles. The van der Waals surface area contributed by atoms with E-state index in [-0.39, 0.29) is 22.8 Å². The summed E-state index contributed by atoms with van der Waals surface area (Å²) in [7, 11) is 0. The lowest BCUT2D eigenvalue weighted by atomic mass is 9.99. The highest BCUT2D eigenvalue weighted by atomic mass is 35.5. The van der Waals surface area contributed by atoms with Gasteiger partial charge in [0.2, 0.25) is 0 Å². The number of benzene rings is 1. The second-order valence-corrected chi connectivity index (χ2v) is 6.11. The lowest BCUT2D eigenvalue weighted by Gasteiger charge is -2.16. The summed E-state index contributed by atoms with van der Waals surface area (Å²) >= 11 is 6.03. The molecule has 1 aromatic heterocycles. The van der Waals surface area contributed by atoms with E-state index in [4.69, 9.17) is 11.6 Å². The number of rotatable bonds is 2. The molecule has 1 saturated heterocycles. The largest absolute Gasteiger partial charge is 0.366 e. The highest BCUT2D eigenvalue weighted by Crippen LogP contribution is 2.29. The normalized spacial score (nSPS) is 17.7. The average molecular weight is 317 g/mol. The highest BCUT2D eigenvalue weighted by molar-refractivity contribution is 6.30. The minimum absolute atomic E-state index is 0.199. The third kappa shape index (κ3) is 2.79. The first kappa shape index (κ1) is 14.9. The average Bonchev–Trinajstić information content (AvgIpc) is 2.99. The minimum Gasteiger partial charge on any atom is -0.366 e. The van der Waals surface area contributed by atoms with Gasteiger partial charge < -0.3 is 9.88 Å². The summed E-state index contributed by atoms with van der Waals surface area (Å²) in [6, 6.07) is 7.74. The zero-order chi connectivity index (χ0) is 15.7. The summed E-state index contributed by atoms with van der Waals surface area (Å²) in [6.45, 7) is 2.98. The highest BCUT2D eigenvalue weighted by Gasteiger charge is 2.29. The summed E-state index contributed by atoms with van der Waals surface area (Å²) in [4.78, 5) is 29.2. The van der Waals surface area contributed by atoms with Crippen molar-refractivity contribution in [3.63, 3.8) is 0 Å². The zero-order valence-electron chi connectivity index (χ0n) is 12.3. The van der Waals surface area contributed by atoms with Gasteiger partial charge in [0.1, 0.15) is 5.56 Å². The number of halogens is 1. The van der Waals surface area contributed by atoms with Crippen molar-refractivity contribution in [3.05, 3.63) is 68.6 Å². The van der Waals surface area contributed by atoms with Gasteiger partial charge in [0, 0.05) is 42.0 Å². The molecule has 1 unspecified atom stereocenters. The van der Waals surface area contributed by atoms with Crippen molar-refractivity contribution in [3.8, 4) is 0 Å². The maximum Gasteiger partial charge on any atom is 0.259 e. The molecular weight excluding hydrogens is 300 g/mol. The summed E-state index contributed by atoms with van der Waals surface area (Å²) in [5.41, 5.74) is 1.71. The number of H-pyrrole nitrogens is 1. The molecular formula is C17H17ClN2O2. The molecule has 22 heavy (non-hydrogen) atoms. The van der Waals surface area contributed by atoms with Crippen molar-refractivity contribution < 1.29 is 4.79 Å². The molecule has 3 rings (SSSR count). The van der Waals surface area contributed by atoms with E-state index in [1.807, 2.05) is 24.3 Å². The number of aryl methyl sites for hydroxylation is 1. The van der Waals surface area contributed by atoms with Gasteiger partial charge in [-0.2, -0.15) is 0 Å². The molecule has 0 radical (unpaired) electrons. The quantitative estimate of drug-likeness (QED) is 0.926. The first-order valence-corrected chi connectivity index (χ1v) is 7.66.